The first-order valence-electron chi connectivity index (χ1n) is 8.82. The average Bonchev–Trinajstić information content (AvgIpc) is 2.97. The number of aromatic nitrogens is 3. The van der Waals surface area contributed by atoms with Gasteiger partial charge in [-0.3, -0.25) is 9.59 Å². The van der Waals surface area contributed by atoms with E-state index in [0.717, 1.165) is 11.5 Å². The Balaban J connectivity index is 1.66. The molecule has 0 radical (unpaired) electrons. The van der Waals surface area contributed by atoms with Gasteiger partial charge in [0.2, 0.25) is 11.8 Å². The van der Waals surface area contributed by atoms with Gasteiger partial charge >= 0.3 is 0 Å². The lowest BCUT2D eigenvalue weighted by Gasteiger charge is -2.41. The molecular formula is C18H23FN6O2. The molecule has 0 saturated carbocycles. The van der Waals surface area contributed by atoms with Gasteiger partial charge in [-0.05, 0) is 38.1 Å². The lowest BCUT2D eigenvalue weighted by molar-refractivity contribution is -0.140. The summed E-state index contributed by atoms with van der Waals surface area (Å²) < 4.78 is 14.8. The number of carbonyl (C=O) groups is 2. The zero-order valence-electron chi connectivity index (χ0n) is 15.4. The van der Waals surface area contributed by atoms with E-state index in [-0.39, 0.29) is 24.7 Å². The molecule has 1 aromatic heterocycles. The average molecular weight is 374 g/mol. The number of carbonyl (C=O) groups excluding carboxylic acids is 2. The topological polar surface area (TPSA) is 97.4 Å². The van der Waals surface area contributed by atoms with E-state index >= 15 is 0 Å². The highest BCUT2D eigenvalue weighted by Gasteiger charge is 2.34. The Labute approximate surface area is 156 Å². The van der Waals surface area contributed by atoms with Crippen LogP contribution in [0.3, 0.4) is 0 Å². The van der Waals surface area contributed by atoms with Gasteiger partial charge < -0.3 is 15.5 Å². The number of aryl methyl sites for hydroxylation is 3. The molecule has 3 rings (SSSR count). The van der Waals surface area contributed by atoms with E-state index in [1.165, 1.54) is 17.0 Å². The molecule has 0 aliphatic carbocycles. The fourth-order valence-electron chi connectivity index (χ4n) is 3.33. The minimum absolute atomic E-state index is 0.148. The van der Waals surface area contributed by atoms with Gasteiger partial charge in [0, 0.05) is 31.7 Å². The van der Waals surface area contributed by atoms with E-state index in [4.69, 9.17) is 5.73 Å². The number of primary amides is 1. The van der Waals surface area contributed by atoms with Crippen LogP contribution in [0.25, 0.3) is 0 Å². The van der Waals surface area contributed by atoms with Crippen LogP contribution in [0, 0.1) is 19.7 Å². The van der Waals surface area contributed by atoms with Gasteiger partial charge in [-0.2, -0.15) is 5.10 Å². The van der Waals surface area contributed by atoms with Gasteiger partial charge in [-0.25, -0.2) is 14.1 Å². The number of anilines is 1. The van der Waals surface area contributed by atoms with Gasteiger partial charge in [0.1, 0.15) is 23.5 Å². The van der Waals surface area contributed by atoms with E-state index in [0.29, 0.717) is 25.5 Å². The molecule has 8 nitrogen and oxygen atoms in total. The van der Waals surface area contributed by atoms with Gasteiger partial charge in [0.25, 0.3) is 0 Å². The van der Waals surface area contributed by atoms with Crippen LogP contribution < -0.4 is 10.6 Å². The Kier molecular flexibility index (Phi) is 5.38. The Morgan fingerprint density at radius 2 is 1.93 bits per heavy atom. The van der Waals surface area contributed by atoms with Crippen LogP contribution in [-0.4, -0.2) is 57.2 Å². The summed E-state index contributed by atoms with van der Waals surface area (Å²) in [5.74, 6) is 0.376. The van der Waals surface area contributed by atoms with E-state index in [1.807, 2.05) is 11.8 Å². The van der Waals surface area contributed by atoms with Crippen molar-refractivity contribution in [2.45, 2.75) is 32.9 Å². The predicted octanol–water partition coefficient (Wildman–Crippen LogP) is 0.627. The Morgan fingerprint density at radius 3 is 2.52 bits per heavy atom. The highest BCUT2D eigenvalue weighted by Crippen LogP contribution is 2.20. The van der Waals surface area contributed by atoms with E-state index < -0.39 is 11.9 Å². The first kappa shape index (κ1) is 18.8. The highest BCUT2D eigenvalue weighted by molar-refractivity contribution is 5.87. The molecule has 2 N–H and O–H groups in total. The summed E-state index contributed by atoms with van der Waals surface area (Å²) >= 11 is 0. The minimum atomic E-state index is -0.727. The quantitative estimate of drug-likeness (QED) is 0.828. The molecule has 2 aromatic rings. The van der Waals surface area contributed by atoms with Crippen molar-refractivity contribution in [3.05, 3.63) is 41.7 Å². The molecule has 2 amide bonds. The van der Waals surface area contributed by atoms with E-state index in [1.54, 1.807) is 23.7 Å². The molecule has 1 aromatic carbocycles. The zero-order chi connectivity index (χ0) is 19.6. The smallest absolute Gasteiger partial charge is 0.242 e. The van der Waals surface area contributed by atoms with Gasteiger partial charge in [-0.1, -0.05) is 0 Å². The maximum Gasteiger partial charge on any atom is 0.242 e. The standard InChI is InChI=1S/C18H23FN6O2/c1-12-21-13(2)25(22-12)8-7-17(26)24-10-9-23(11-16(24)18(20)27)15-5-3-14(19)4-6-15/h3-6,16H,7-11H2,1-2H3,(H2,20,27). The third-order valence-electron chi connectivity index (χ3n) is 4.72. The van der Waals surface area contributed by atoms with Crippen molar-refractivity contribution < 1.29 is 14.0 Å². The highest BCUT2D eigenvalue weighted by atomic mass is 19.1. The number of benzene rings is 1. The molecule has 1 atom stereocenters. The van der Waals surface area contributed by atoms with Crippen molar-refractivity contribution in [3.63, 3.8) is 0 Å². The summed E-state index contributed by atoms with van der Waals surface area (Å²) in [5.41, 5.74) is 6.34. The molecule has 2 heterocycles. The van der Waals surface area contributed by atoms with Crippen LogP contribution in [-0.2, 0) is 16.1 Å². The summed E-state index contributed by atoms with van der Waals surface area (Å²) in [6, 6.07) is 5.32. The summed E-state index contributed by atoms with van der Waals surface area (Å²) in [6.07, 6.45) is 0.212. The number of nitrogens with two attached hydrogens (primary N) is 1. The second kappa shape index (κ2) is 7.73. The first-order chi connectivity index (χ1) is 12.8. The zero-order valence-corrected chi connectivity index (χ0v) is 15.4. The summed E-state index contributed by atoms with van der Waals surface area (Å²) in [7, 11) is 0. The summed E-state index contributed by atoms with van der Waals surface area (Å²) in [6.45, 7) is 5.23. The van der Waals surface area contributed by atoms with Crippen LogP contribution in [0.4, 0.5) is 10.1 Å². The lowest BCUT2D eigenvalue weighted by atomic mass is 10.1. The normalized spacial score (nSPS) is 17.2. The molecule has 27 heavy (non-hydrogen) atoms. The first-order valence-corrected chi connectivity index (χ1v) is 8.82. The SMILES string of the molecule is Cc1nc(C)n(CCC(=O)N2CCN(c3ccc(F)cc3)CC2C(N)=O)n1. The van der Waals surface area contributed by atoms with Crippen LogP contribution in [0.15, 0.2) is 24.3 Å². The molecule has 0 spiro atoms. The second-order valence-electron chi connectivity index (χ2n) is 6.61. The van der Waals surface area contributed by atoms with Crippen molar-refractivity contribution in [2.24, 2.45) is 5.73 Å². The Bertz CT molecular complexity index is 835. The van der Waals surface area contributed by atoms with E-state index in [2.05, 4.69) is 10.1 Å². The second-order valence-corrected chi connectivity index (χ2v) is 6.61. The molecule has 1 unspecified atom stereocenters. The molecule has 9 heteroatoms. The number of halogens is 1. The van der Waals surface area contributed by atoms with Gasteiger partial charge in [0.15, 0.2) is 0 Å². The number of hydrogen-bond acceptors (Lipinski definition) is 5. The predicted molar refractivity (Wildman–Crippen MR) is 97.4 cm³/mol. The third kappa shape index (κ3) is 4.24. The molecule has 1 aliphatic rings. The minimum Gasteiger partial charge on any atom is -0.368 e. The van der Waals surface area contributed by atoms with Crippen LogP contribution in [0.5, 0.6) is 0 Å². The van der Waals surface area contributed by atoms with Crippen LogP contribution in [0.1, 0.15) is 18.1 Å². The van der Waals surface area contributed by atoms with Crippen molar-refractivity contribution in [1.29, 1.82) is 0 Å². The van der Waals surface area contributed by atoms with Gasteiger partial charge in [-0.15, -0.1) is 0 Å². The molecule has 1 saturated heterocycles. The monoisotopic (exact) mass is 374 g/mol. The van der Waals surface area contributed by atoms with Gasteiger partial charge in [0.05, 0.1) is 6.54 Å². The maximum absolute atomic E-state index is 13.1. The number of nitrogens with zero attached hydrogens (tertiary/aromatic N) is 5. The molecular weight excluding hydrogens is 351 g/mol. The summed E-state index contributed by atoms with van der Waals surface area (Å²) in [4.78, 5) is 32.3. The fourth-order valence-corrected chi connectivity index (χ4v) is 3.33. The third-order valence-corrected chi connectivity index (χ3v) is 4.72. The number of rotatable bonds is 5. The van der Waals surface area contributed by atoms with Crippen molar-refractivity contribution in [1.82, 2.24) is 19.7 Å². The number of hydrogen-bond donors (Lipinski definition) is 1. The Hall–Kier alpha value is -2.97. The van der Waals surface area contributed by atoms with Crippen molar-refractivity contribution in [2.75, 3.05) is 24.5 Å². The number of piperazine rings is 1. The van der Waals surface area contributed by atoms with Crippen molar-refractivity contribution in [3.8, 4) is 0 Å². The lowest BCUT2D eigenvalue weighted by Crippen LogP contribution is -2.60. The summed E-state index contributed by atoms with van der Waals surface area (Å²) in [5, 5.41) is 4.24. The van der Waals surface area contributed by atoms with Crippen LogP contribution >= 0.6 is 0 Å². The molecule has 1 aliphatic heterocycles. The molecule has 1 fully saturated rings. The van der Waals surface area contributed by atoms with Crippen molar-refractivity contribution >= 4 is 17.5 Å². The fraction of sp³-hybridized carbons (Fsp3) is 0.444. The maximum atomic E-state index is 13.1. The molecule has 0 bridgehead atoms. The number of amides is 2. The molecule has 144 valence electrons. The van der Waals surface area contributed by atoms with Crippen LogP contribution in [0.2, 0.25) is 0 Å². The van der Waals surface area contributed by atoms with E-state index in [9.17, 15) is 14.0 Å². The Morgan fingerprint density at radius 1 is 1.22 bits per heavy atom. The largest absolute Gasteiger partial charge is 0.368 e.